The van der Waals surface area contributed by atoms with Gasteiger partial charge in [-0.25, -0.2) is 9.78 Å². The summed E-state index contributed by atoms with van der Waals surface area (Å²) in [5, 5.41) is 12.8. The van der Waals surface area contributed by atoms with Crippen LogP contribution in [0.15, 0.2) is 77.1 Å². The number of carbonyl (C=O) groups is 1. The lowest BCUT2D eigenvalue weighted by Crippen LogP contribution is -2.21. The predicted molar refractivity (Wildman–Crippen MR) is 148 cm³/mol. The van der Waals surface area contributed by atoms with Gasteiger partial charge in [-0.3, -0.25) is 0 Å². The lowest BCUT2D eigenvalue weighted by molar-refractivity contribution is -0.132. The van der Waals surface area contributed by atoms with Crippen LogP contribution in [0.4, 0.5) is 5.95 Å². The summed E-state index contributed by atoms with van der Waals surface area (Å²) < 4.78 is 8.16. The molecule has 0 amide bonds. The first-order valence-electron chi connectivity index (χ1n) is 12.6. The van der Waals surface area contributed by atoms with Crippen LogP contribution in [0.2, 0.25) is 0 Å². The first-order valence-corrected chi connectivity index (χ1v) is 12.6. The van der Waals surface area contributed by atoms with Gasteiger partial charge in [-0.05, 0) is 56.7 Å². The molecule has 192 valence electrons. The molecule has 4 N–H and O–H groups in total. The van der Waals surface area contributed by atoms with Crippen molar-refractivity contribution in [2.24, 2.45) is 5.92 Å². The van der Waals surface area contributed by atoms with Crippen molar-refractivity contribution in [1.29, 1.82) is 0 Å². The van der Waals surface area contributed by atoms with Gasteiger partial charge in [0.2, 0.25) is 5.95 Å². The van der Waals surface area contributed by atoms with Crippen LogP contribution >= 0.6 is 0 Å². The average Bonchev–Trinajstić information content (AvgIpc) is 3.03. The fraction of sp³-hybridized carbons (Fsp3) is 0.357. The summed E-state index contributed by atoms with van der Waals surface area (Å²) in [6.07, 6.45) is 13.1. The Balaban J connectivity index is 1.41. The van der Waals surface area contributed by atoms with Crippen molar-refractivity contribution >= 4 is 36.3 Å². The van der Waals surface area contributed by atoms with E-state index in [1.807, 2.05) is 53.9 Å². The maximum atomic E-state index is 11.8. The second-order valence-corrected chi connectivity index (χ2v) is 9.54. The number of nitrogens with zero attached hydrogens (tertiary/aromatic N) is 3. The van der Waals surface area contributed by atoms with E-state index in [4.69, 9.17) is 18.3 Å². The van der Waals surface area contributed by atoms with E-state index in [0.717, 1.165) is 60.1 Å². The summed E-state index contributed by atoms with van der Waals surface area (Å²) in [6, 6.07) is 5.63. The minimum absolute atomic E-state index is 0.232. The van der Waals surface area contributed by atoms with Gasteiger partial charge >= 0.3 is 5.97 Å². The SMILES string of the molecule is [B]c1ccc2nc(N)n(C[C@H](C)CCCO/C(NC)=C(/C)C3=CC(C(=O)O)=CN4C=CCCC=C34)c2c1. The van der Waals surface area contributed by atoms with Crippen LogP contribution in [-0.2, 0) is 16.1 Å². The average molecular weight is 499 g/mol. The Bertz CT molecular complexity index is 1330. The molecule has 2 aromatic rings. The zero-order valence-electron chi connectivity index (χ0n) is 21.7. The van der Waals surface area contributed by atoms with Crippen LogP contribution in [0.1, 0.15) is 39.5 Å². The van der Waals surface area contributed by atoms with E-state index in [1.165, 1.54) is 0 Å². The summed E-state index contributed by atoms with van der Waals surface area (Å²) in [6.45, 7) is 5.42. The van der Waals surface area contributed by atoms with E-state index < -0.39 is 5.97 Å². The molecule has 37 heavy (non-hydrogen) atoms. The number of hydrogen-bond acceptors (Lipinski definition) is 6. The van der Waals surface area contributed by atoms with Crippen molar-refractivity contribution in [2.45, 2.75) is 46.1 Å². The standard InChI is InChI=1S/C28H34BN5O3/c1-18(16-34-25-15-21(29)10-11-23(25)32-28(34)30)8-7-13-37-26(31-3)19(2)22-14-20(27(35)36)17-33-12-6-4-5-9-24(22)33/h6,9-12,14-15,17-18,31H,4-5,7-8,13,16H2,1-3H3,(H2,30,32)(H,35,36)/b26-19-/t18-/m1/s1. The number of carboxylic acids is 1. The fourth-order valence-electron chi connectivity index (χ4n) is 4.74. The first kappa shape index (κ1) is 26.2. The first-order chi connectivity index (χ1) is 17.8. The van der Waals surface area contributed by atoms with Gasteiger partial charge in [0.15, 0.2) is 5.88 Å². The molecule has 0 fully saturated rings. The molecule has 0 aliphatic carbocycles. The number of nitrogen functional groups attached to an aromatic ring is 1. The summed E-state index contributed by atoms with van der Waals surface area (Å²) in [5.74, 6) is 0.525. The van der Waals surface area contributed by atoms with Gasteiger partial charge < -0.3 is 30.4 Å². The second kappa shape index (κ2) is 11.5. The number of aromatic nitrogens is 2. The second-order valence-electron chi connectivity index (χ2n) is 9.54. The molecule has 0 spiro atoms. The molecule has 2 aliphatic rings. The van der Waals surface area contributed by atoms with Crippen molar-refractivity contribution in [3.8, 4) is 0 Å². The van der Waals surface area contributed by atoms with Crippen molar-refractivity contribution in [1.82, 2.24) is 19.8 Å². The number of allylic oxidation sites excluding steroid dienone is 3. The van der Waals surface area contributed by atoms with E-state index in [0.29, 0.717) is 29.8 Å². The molecule has 1 atom stereocenters. The molecule has 2 radical (unpaired) electrons. The number of ether oxygens (including phenoxy) is 1. The minimum atomic E-state index is -0.961. The van der Waals surface area contributed by atoms with Crippen molar-refractivity contribution < 1.29 is 14.6 Å². The molecule has 0 bridgehead atoms. The zero-order chi connectivity index (χ0) is 26.5. The van der Waals surface area contributed by atoms with Crippen LogP contribution in [0, 0.1) is 5.92 Å². The zero-order valence-corrected chi connectivity index (χ0v) is 21.7. The van der Waals surface area contributed by atoms with Gasteiger partial charge in [-0.15, -0.1) is 0 Å². The van der Waals surface area contributed by atoms with Gasteiger partial charge in [0.25, 0.3) is 0 Å². The van der Waals surface area contributed by atoms with Crippen LogP contribution < -0.4 is 16.5 Å². The third kappa shape index (κ3) is 5.93. The maximum absolute atomic E-state index is 11.8. The number of anilines is 1. The highest BCUT2D eigenvalue weighted by molar-refractivity contribution is 6.33. The lowest BCUT2D eigenvalue weighted by atomic mass is 9.96. The van der Waals surface area contributed by atoms with Crippen molar-refractivity contribution in [2.75, 3.05) is 19.4 Å². The monoisotopic (exact) mass is 499 g/mol. The Kier molecular flexibility index (Phi) is 8.11. The number of carboxylic acid groups (broad SMARTS) is 1. The molecule has 9 heteroatoms. The minimum Gasteiger partial charge on any atom is -0.479 e. The highest BCUT2D eigenvalue weighted by atomic mass is 16.5. The van der Waals surface area contributed by atoms with Crippen LogP contribution in [0.3, 0.4) is 0 Å². The van der Waals surface area contributed by atoms with Crippen molar-refractivity contribution in [3.05, 3.63) is 77.1 Å². The molecular weight excluding hydrogens is 465 g/mol. The summed E-state index contributed by atoms with van der Waals surface area (Å²) in [4.78, 5) is 18.1. The van der Waals surface area contributed by atoms with Crippen molar-refractivity contribution in [3.63, 3.8) is 0 Å². The van der Waals surface area contributed by atoms with E-state index in [1.54, 1.807) is 12.3 Å². The Morgan fingerprint density at radius 3 is 2.92 bits per heavy atom. The molecule has 8 nitrogen and oxygen atoms in total. The highest BCUT2D eigenvalue weighted by Gasteiger charge is 2.24. The summed E-state index contributed by atoms with van der Waals surface area (Å²) >= 11 is 0. The molecular formula is C28H34BN5O3. The topological polar surface area (TPSA) is 106 Å². The number of imidazole rings is 1. The van der Waals surface area contributed by atoms with Gasteiger partial charge in [0.1, 0.15) is 7.85 Å². The molecule has 1 aromatic heterocycles. The third-order valence-electron chi connectivity index (χ3n) is 6.67. The summed E-state index contributed by atoms with van der Waals surface area (Å²) in [5.41, 5.74) is 11.5. The summed E-state index contributed by atoms with van der Waals surface area (Å²) in [7, 11) is 7.78. The number of nitrogens with two attached hydrogens (primary N) is 1. The highest BCUT2D eigenvalue weighted by Crippen LogP contribution is 2.33. The smallest absolute Gasteiger partial charge is 0.337 e. The Morgan fingerprint density at radius 2 is 2.16 bits per heavy atom. The van der Waals surface area contributed by atoms with Gasteiger partial charge in [-0.1, -0.05) is 30.6 Å². The fourth-order valence-corrected chi connectivity index (χ4v) is 4.74. The molecule has 0 saturated heterocycles. The Labute approximate surface area is 219 Å². The number of nitrogens with one attached hydrogen (secondary N) is 1. The molecule has 0 unspecified atom stereocenters. The number of aliphatic carboxylic acids is 1. The third-order valence-corrected chi connectivity index (χ3v) is 6.67. The van der Waals surface area contributed by atoms with Gasteiger partial charge in [-0.2, -0.15) is 0 Å². The largest absolute Gasteiger partial charge is 0.479 e. The van der Waals surface area contributed by atoms with Crippen LogP contribution in [0.25, 0.3) is 11.0 Å². The van der Waals surface area contributed by atoms with E-state index in [9.17, 15) is 9.90 Å². The number of fused-ring (bicyclic) bond motifs is 2. The van der Waals surface area contributed by atoms with Gasteiger partial charge in [0, 0.05) is 42.8 Å². The number of benzene rings is 1. The number of hydrogen-bond donors (Lipinski definition) is 3. The predicted octanol–water partition coefficient (Wildman–Crippen LogP) is 3.70. The molecule has 1 aromatic carbocycles. The van der Waals surface area contributed by atoms with Crippen LogP contribution in [-0.4, -0.2) is 47.0 Å². The lowest BCUT2D eigenvalue weighted by Gasteiger charge is -2.27. The van der Waals surface area contributed by atoms with E-state index in [-0.39, 0.29) is 5.57 Å². The molecule has 3 heterocycles. The molecule has 0 saturated carbocycles. The van der Waals surface area contributed by atoms with Gasteiger partial charge in [0.05, 0.1) is 23.2 Å². The van der Waals surface area contributed by atoms with E-state index >= 15 is 0 Å². The Hall–Kier alpha value is -3.88. The number of rotatable bonds is 10. The molecule has 4 rings (SSSR count). The Morgan fingerprint density at radius 1 is 1.35 bits per heavy atom. The van der Waals surface area contributed by atoms with E-state index in [2.05, 4.69) is 23.3 Å². The quantitative estimate of drug-likeness (QED) is 0.260. The molecule has 2 aliphatic heterocycles. The maximum Gasteiger partial charge on any atom is 0.337 e. The van der Waals surface area contributed by atoms with Crippen LogP contribution in [0.5, 0.6) is 0 Å². The normalized spacial score (nSPS) is 16.7.